The number of halogens is 1. The maximum absolute atomic E-state index is 13.7. The molecule has 0 saturated heterocycles. The van der Waals surface area contributed by atoms with Gasteiger partial charge in [-0.05, 0) is 81.7 Å². The molecule has 0 spiro atoms. The molecule has 4 rings (SSSR count). The van der Waals surface area contributed by atoms with E-state index in [1.165, 1.54) is 12.1 Å². The lowest BCUT2D eigenvalue weighted by atomic mass is 9.85. The van der Waals surface area contributed by atoms with E-state index < -0.39 is 11.7 Å². The van der Waals surface area contributed by atoms with Gasteiger partial charge in [0.25, 0.3) is 17.6 Å². The number of benzene rings is 1. The first-order chi connectivity index (χ1) is 17.2. The van der Waals surface area contributed by atoms with Gasteiger partial charge in [0.15, 0.2) is 0 Å². The van der Waals surface area contributed by atoms with Gasteiger partial charge in [0, 0.05) is 30.4 Å². The predicted octanol–water partition coefficient (Wildman–Crippen LogP) is 4.68. The lowest BCUT2D eigenvalue weighted by Crippen LogP contribution is -2.42. The fraction of sp³-hybridized carbons (Fsp3) is 0.536. The minimum atomic E-state index is -0.684. The maximum Gasteiger partial charge on any atom is 0.294 e. The van der Waals surface area contributed by atoms with E-state index in [2.05, 4.69) is 10.6 Å². The van der Waals surface area contributed by atoms with Crippen molar-refractivity contribution in [3.8, 4) is 0 Å². The van der Waals surface area contributed by atoms with Gasteiger partial charge in [0.1, 0.15) is 5.82 Å². The molecule has 1 aromatic heterocycles. The molecule has 1 heterocycles. The first kappa shape index (κ1) is 26.1. The largest absolute Gasteiger partial charge is 0.393 e. The number of hydrogen-bond acceptors (Lipinski definition) is 4. The molecule has 7 nitrogen and oxygen atoms in total. The predicted molar refractivity (Wildman–Crippen MR) is 136 cm³/mol. The number of nitrogens with zero attached hydrogens (tertiary/aromatic N) is 1. The summed E-state index contributed by atoms with van der Waals surface area (Å²) in [6.45, 7) is 3.35. The van der Waals surface area contributed by atoms with Crippen molar-refractivity contribution >= 4 is 23.3 Å². The number of carbonyl (C=O) groups excluding carboxylic acids is 3. The fourth-order valence-corrected chi connectivity index (χ4v) is 5.81. The summed E-state index contributed by atoms with van der Waals surface area (Å²) in [6.07, 6.45) is 7.16. The number of nitrogens with one attached hydrogen (secondary N) is 2. The van der Waals surface area contributed by atoms with Gasteiger partial charge < -0.3 is 20.3 Å². The van der Waals surface area contributed by atoms with Gasteiger partial charge in [0.05, 0.1) is 17.4 Å². The Kier molecular flexibility index (Phi) is 7.93. The number of Topliss-reactive ketones (excluding diaryl/α,β-unsaturated/α-hetero) is 1. The highest BCUT2D eigenvalue weighted by Gasteiger charge is 2.34. The molecule has 194 valence electrons. The molecule has 2 aromatic rings. The maximum atomic E-state index is 13.7. The second-order valence-electron chi connectivity index (χ2n) is 10.4. The average molecular weight is 498 g/mol. The number of carbonyl (C=O) groups is 3. The summed E-state index contributed by atoms with van der Waals surface area (Å²) in [7, 11) is 1.76. The molecular weight excluding hydrogens is 461 g/mol. The number of hydrogen-bond donors (Lipinski definition) is 3. The molecule has 0 atom stereocenters. The average Bonchev–Trinajstić information content (AvgIpc) is 3.12. The molecule has 1 aromatic carbocycles. The molecular formula is C28H36FN3O4. The van der Waals surface area contributed by atoms with Crippen LogP contribution in [0.5, 0.6) is 0 Å². The molecule has 0 aliphatic heterocycles. The van der Waals surface area contributed by atoms with Crippen molar-refractivity contribution in [1.29, 1.82) is 0 Å². The van der Waals surface area contributed by atoms with Crippen LogP contribution in [-0.4, -0.2) is 39.4 Å². The molecule has 0 bridgehead atoms. The Balaban J connectivity index is 1.66. The van der Waals surface area contributed by atoms with Gasteiger partial charge in [-0.3, -0.25) is 14.4 Å². The van der Waals surface area contributed by atoms with E-state index in [9.17, 15) is 23.9 Å². The van der Waals surface area contributed by atoms with E-state index in [4.69, 9.17) is 0 Å². The Bertz CT molecular complexity index is 1160. The number of amides is 2. The lowest BCUT2D eigenvalue weighted by Gasteiger charge is -2.26. The Morgan fingerprint density at radius 1 is 1.00 bits per heavy atom. The van der Waals surface area contributed by atoms with Crippen LogP contribution in [0.1, 0.15) is 101 Å². The second kappa shape index (κ2) is 10.9. The van der Waals surface area contributed by atoms with Crippen LogP contribution in [-0.2, 0) is 11.8 Å². The van der Waals surface area contributed by atoms with Crippen LogP contribution < -0.4 is 10.6 Å². The summed E-state index contributed by atoms with van der Waals surface area (Å²) in [5, 5.41) is 15.4. The Morgan fingerprint density at radius 3 is 2.31 bits per heavy atom. The molecule has 2 fully saturated rings. The first-order valence-electron chi connectivity index (χ1n) is 13.0. The molecule has 2 saturated carbocycles. The second-order valence-corrected chi connectivity index (χ2v) is 10.4. The van der Waals surface area contributed by atoms with Gasteiger partial charge in [-0.2, -0.15) is 0 Å². The molecule has 0 radical (unpaired) electrons. The zero-order chi connectivity index (χ0) is 26.0. The molecule has 8 heteroatoms. The van der Waals surface area contributed by atoms with Crippen LogP contribution in [0, 0.1) is 19.7 Å². The van der Waals surface area contributed by atoms with Crippen molar-refractivity contribution in [2.75, 3.05) is 5.32 Å². The minimum Gasteiger partial charge on any atom is -0.393 e. The third-order valence-corrected chi connectivity index (χ3v) is 7.77. The standard InChI is InChI=1S/C28H36FN3O4/c1-16-15-20(11-14-22(16)29)31-27(35)23-17(2)24(32(3)25(23)18-7-5-4-6-8-18)26(34)28(36)30-19-9-12-21(33)13-10-19/h11,14-15,18-19,21,33H,4-10,12-13H2,1-3H3,(H,30,36)(H,31,35)/t19-,21+. The summed E-state index contributed by atoms with van der Waals surface area (Å²) in [6, 6.07) is 4.26. The van der Waals surface area contributed by atoms with Crippen molar-refractivity contribution < 1.29 is 23.9 Å². The van der Waals surface area contributed by atoms with E-state index in [0.717, 1.165) is 37.8 Å². The van der Waals surface area contributed by atoms with Gasteiger partial charge >= 0.3 is 0 Å². The Hall–Kier alpha value is -3.00. The number of aryl methyl sites for hydroxylation is 1. The number of ketones is 1. The van der Waals surface area contributed by atoms with Crippen LogP contribution >= 0.6 is 0 Å². The molecule has 2 amide bonds. The third kappa shape index (κ3) is 5.38. The molecule has 2 aliphatic carbocycles. The Labute approximate surface area is 211 Å². The number of aliphatic hydroxyl groups is 1. The van der Waals surface area contributed by atoms with Crippen LogP contribution in [0.3, 0.4) is 0 Å². The van der Waals surface area contributed by atoms with Crippen molar-refractivity contribution in [2.45, 2.75) is 89.7 Å². The highest BCUT2D eigenvalue weighted by atomic mass is 19.1. The van der Waals surface area contributed by atoms with E-state index in [0.29, 0.717) is 48.1 Å². The van der Waals surface area contributed by atoms with Crippen molar-refractivity contribution in [3.05, 3.63) is 52.1 Å². The van der Waals surface area contributed by atoms with Crippen LogP contribution in [0.2, 0.25) is 0 Å². The number of anilines is 1. The van der Waals surface area contributed by atoms with Gasteiger partial charge in [-0.15, -0.1) is 0 Å². The van der Waals surface area contributed by atoms with Crippen LogP contribution in [0.25, 0.3) is 0 Å². The van der Waals surface area contributed by atoms with Gasteiger partial charge in [-0.1, -0.05) is 19.3 Å². The zero-order valence-electron chi connectivity index (χ0n) is 21.3. The quantitative estimate of drug-likeness (QED) is 0.398. The fourth-order valence-electron chi connectivity index (χ4n) is 5.81. The van der Waals surface area contributed by atoms with E-state index in [1.807, 2.05) is 0 Å². The summed E-state index contributed by atoms with van der Waals surface area (Å²) in [5.74, 6) is -1.94. The molecule has 3 N–H and O–H groups in total. The van der Waals surface area contributed by atoms with Crippen molar-refractivity contribution in [1.82, 2.24) is 9.88 Å². The monoisotopic (exact) mass is 497 g/mol. The lowest BCUT2D eigenvalue weighted by molar-refractivity contribution is -0.118. The number of rotatable bonds is 6. The summed E-state index contributed by atoms with van der Waals surface area (Å²) >= 11 is 0. The smallest absolute Gasteiger partial charge is 0.294 e. The first-order valence-corrected chi connectivity index (χ1v) is 13.0. The SMILES string of the molecule is Cc1cc(NC(=O)c2c(C)c(C(=O)C(=O)N[C@H]3CC[C@@H](O)CC3)n(C)c2C2CCCCC2)ccc1F. The normalized spacial score (nSPS) is 20.7. The van der Waals surface area contributed by atoms with Crippen LogP contribution in [0.4, 0.5) is 10.1 Å². The van der Waals surface area contributed by atoms with Gasteiger partial charge in [0.2, 0.25) is 0 Å². The molecule has 2 aliphatic rings. The highest BCUT2D eigenvalue weighted by molar-refractivity contribution is 6.43. The molecule has 0 unspecified atom stereocenters. The van der Waals surface area contributed by atoms with E-state index >= 15 is 0 Å². The number of aromatic nitrogens is 1. The molecule has 36 heavy (non-hydrogen) atoms. The summed E-state index contributed by atoms with van der Waals surface area (Å²) in [5.41, 5.74) is 2.80. The number of aliphatic hydroxyl groups excluding tert-OH is 1. The summed E-state index contributed by atoms with van der Waals surface area (Å²) < 4.78 is 15.5. The van der Waals surface area contributed by atoms with Gasteiger partial charge in [-0.25, -0.2) is 4.39 Å². The van der Waals surface area contributed by atoms with Crippen molar-refractivity contribution in [2.24, 2.45) is 7.05 Å². The Morgan fingerprint density at radius 2 is 1.67 bits per heavy atom. The van der Waals surface area contributed by atoms with E-state index in [1.54, 1.807) is 31.5 Å². The topological polar surface area (TPSA) is 100 Å². The zero-order valence-corrected chi connectivity index (χ0v) is 21.3. The van der Waals surface area contributed by atoms with E-state index in [-0.39, 0.29) is 35.5 Å². The van der Waals surface area contributed by atoms with Crippen molar-refractivity contribution in [3.63, 3.8) is 0 Å². The summed E-state index contributed by atoms with van der Waals surface area (Å²) in [4.78, 5) is 39.9. The third-order valence-electron chi connectivity index (χ3n) is 7.77. The van der Waals surface area contributed by atoms with Crippen LogP contribution in [0.15, 0.2) is 18.2 Å². The minimum absolute atomic E-state index is 0.114. The highest BCUT2D eigenvalue weighted by Crippen LogP contribution is 2.38.